The molecule has 0 unspecified atom stereocenters. The Balaban J connectivity index is 1.68. The maximum atomic E-state index is 10.9. The molecule has 0 saturated heterocycles. The van der Waals surface area contributed by atoms with Crippen LogP contribution in [0.1, 0.15) is 50.7 Å². The lowest BCUT2D eigenvalue weighted by molar-refractivity contribution is 0.174. The van der Waals surface area contributed by atoms with E-state index >= 15 is 0 Å². The van der Waals surface area contributed by atoms with E-state index in [1.54, 1.807) is 6.20 Å². The number of nitrogens with zero attached hydrogens (tertiary/aromatic N) is 3. The Bertz CT molecular complexity index is 1280. The maximum absolute atomic E-state index is 10.9. The van der Waals surface area contributed by atoms with Crippen molar-refractivity contribution >= 4 is 17.3 Å². The number of aromatic nitrogens is 3. The topological polar surface area (TPSA) is 80.9 Å². The average molecular weight is 431 g/mol. The van der Waals surface area contributed by atoms with Crippen LogP contribution in [0.25, 0.3) is 17.0 Å². The van der Waals surface area contributed by atoms with E-state index in [0.29, 0.717) is 17.3 Å². The number of hydrogen-bond acceptors (Lipinski definition) is 6. The average Bonchev–Trinajstić information content (AvgIpc) is 3.38. The second-order valence-corrected chi connectivity index (χ2v) is 8.60. The first-order valence-corrected chi connectivity index (χ1v) is 10.8. The molecule has 0 aliphatic carbocycles. The molecule has 0 saturated carbocycles. The van der Waals surface area contributed by atoms with Crippen LogP contribution in [0.5, 0.6) is 17.2 Å². The van der Waals surface area contributed by atoms with Crippen molar-refractivity contribution in [2.45, 2.75) is 39.5 Å². The summed E-state index contributed by atoms with van der Waals surface area (Å²) in [5.41, 5.74) is 4.37. The lowest BCUT2D eigenvalue weighted by atomic mass is 9.90. The number of ether oxygens (including phenoxy) is 2. The third kappa shape index (κ3) is 3.39. The SMILES string of the molecule is CC(C)c1cc(-c2nc3ncccn3c2Nc2ccc3c(c2)OCO3)cc(C(C)C)c1O. The summed E-state index contributed by atoms with van der Waals surface area (Å²) in [4.78, 5) is 9.27. The van der Waals surface area contributed by atoms with Crippen molar-refractivity contribution in [2.75, 3.05) is 12.1 Å². The summed E-state index contributed by atoms with van der Waals surface area (Å²) in [7, 11) is 0. The predicted octanol–water partition coefficient (Wildman–Crippen LogP) is 5.82. The number of rotatable bonds is 5. The Morgan fingerprint density at radius 3 is 2.44 bits per heavy atom. The van der Waals surface area contributed by atoms with Gasteiger partial charge >= 0.3 is 0 Å². The quantitative estimate of drug-likeness (QED) is 0.415. The lowest BCUT2D eigenvalue weighted by Crippen LogP contribution is -2.00. The molecule has 164 valence electrons. The fourth-order valence-corrected chi connectivity index (χ4v) is 4.02. The highest BCUT2D eigenvalue weighted by atomic mass is 16.7. The van der Waals surface area contributed by atoms with E-state index in [9.17, 15) is 5.11 Å². The fraction of sp³-hybridized carbons (Fsp3) is 0.280. The van der Waals surface area contributed by atoms with Gasteiger partial charge in [-0.05, 0) is 53.3 Å². The smallest absolute Gasteiger partial charge is 0.235 e. The Morgan fingerprint density at radius 1 is 1.00 bits per heavy atom. The van der Waals surface area contributed by atoms with Crippen molar-refractivity contribution in [3.8, 4) is 28.5 Å². The van der Waals surface area contributed by atoms with Crippen molar-refractivity contribution in [3.05, 3.63) is 59.9 Å². The number of aromatic hydroxyl groups is 1. The van der Waals surface area contributed by atoms with Gasteiger partial charge in [0.25, 0.3) is 0 Å². The molecule has 4 aromatic rings. The highest BCUT2D eigenvalue weighted by Gasteiger charge is 2.21. The predicted molar refractivity (Wildman–Crippen MR) is 124 cm³/mol. The van der Waals surface area contributed by atoms with Crippen molar-refractivity contribution in [1.29, 1.82) is 0 Å². The van der Waals surface area contributed by atoms with Crippen LogP contribution >= 0.6 is 0 Å². The van der Waals surface area contributed by atoms with Gasteiger partial charge in [-0.1, -0.05) is 27.7 Å². The van der Waals surface area contributed by atoms with Gasteiger partial charge in [-0.25, -0.2) is 9.97 Å². The van der Waals surface area contributed by atoms with Gasteiger partial charge in [-0.15, -0.1) is 0 Å². The Kier molecular flexibility index (Phi) is 4.89. The van der Waals surface area contributed by atoms with E-state index in [4.69, 9.17) is 14.5 Å². The van der Waals surface area contributed by atoms with Crippen molar-refractivity contribution in [2.24, 2.45) is 0 Å². The van der Waals surface area contributed by atoms with Gasteiger partial charge in [-0.3, -0.25) is 4.40 Å². The number of phenolic OH excluding ortho intramolecular Hbond substituents is 1. The molecule has 2 N–H and O–H groups in total. The largest absolute Gasteiger partial charge is 0.507 e. The summed E-state index contributed by atoms with van der Waals surface area (Å²) in [5, 5.41) is 14.4. The molecule has 7 heteroatoms. The van der Waals surface area contributed by atoms with E-state index in [2.05, 4.69) is 38.0 Å². The standard InChI is InChI=1S/C25H26N4O3/c1-14(2)18-10-16(11-19(15(3)4)23(18)30)22-24(29-9-5-8-26-25(29)28-22)27-17-6-7-20-21(12-17)32-13-31-20/h5-12,14-15,27,30H,13H2,1-4H3. The molecule has 0 bridgehead atoms. The van der Waals surface area contributed by atoms with Gasteiger partial charge in [0.15, 0.2) is 11.5 Å². The first-order chi connectivity index (χ1) is 15.4. The van der Waals surface area contributed by atoms with Gasteiger partial charge in [0.2, 0.25) is 12.6 Å². The minimum absolute atomic E-state index is 0.174. The molecular weight excluding hydrogens is 404 g/mol. The normalized spacial score (nSPS) is 12.8. The van der Waals surface area contributed by atoms with Gasteiger partial charge in [-0.2, -0.15) is 0 Å². The minimum atomic E-state index is 0.174. The number of nitrogens with one attached hydrogen (secondary N) is 1. The molecule has 2 aromatic heterocycles. The van der Waals surface area contributed by atoms with Crippen LogP contribution in [-0.4, -0.2) is 26.3 Å². The number of phenols is 1. The zero-order chi connectivity index (χ0) is 22.4. The number of imidazole rings is 1. The van der Waals surface area contributed by atoms with Crippen molar-refractivity contribution in [3.63, 3.8) is 0 Å². The van der Waals surface area contributed by atoms with Gasteiger partial charge in [0, 0.05) is 29.7 Å². The molecule has 7 nitrogen and oxygen atoms in total. The van der Waals surface area contributed by atoms with Gasteiger partial charge < -0.3 is 19.9 Å². The Hall–Kier alpha value is -3.74. The summed E-state index contributed by atoms with van der Waals surface area (Å²) in [5.74, 6) is 3.54. The first kappa shape index (κ1) is 20.2. The van der Waals surface area contributed by atoms with E-state index in [-0.39, 0.29) is 18.6 Å². The molecule has 0 atom stereocenters. The van der Waals surface area contributed by atoms with Crippen molar-refractivity contribution < 1.29 is 14.6 Å². The Morgan fingerprint density at radius 2 is 1.72 bits per heavy atom. The van der Waals surface area contributed by atoms with Crippen LogP contribution in [0.3, 0.4) is 0 Å². The number of fused-ring (bicyclic) bond motifs is 2. The molecule has 0 amide bonds. The molecule has 5 rings (SSSR count). The molecule has 0 spiro atoms. The van der Waals surface area contributed by atoms with Gasteiger partial charge in [0.1, 0.15) is 17.3 Å². The first-order valence-electron chi connectivity index (χ1n) is 10.8. The molecule has 0 radical (unpaired) electrons. The molecule has 32 heavy (non-hydrogen) atoms. The Labute approximate surface area is 186 Å². The zero-order valence-corrected chi connectivity index (χ0v) is 18.6. The third-order valence-corrected chi connectivity index (χ3v) is 5.73. The number of anilines is 2. The van der Waals surface area contributed by atoms with Gasteiger partial charge in [0.05, 0.1) is 0 Å². The second kappa shape index (κ2) is 7.75. The van der Waals surface area contributed by atoms with Crippen LogP contribution < -0.4 is 14.8 Å². The molecular formula is C25H26N4O3. The lowest BCUT2D eigenvalue weighted by Gasteiger charge is -2.18. The van der Waals surface area contributed by atoms with Crippen LogP contribution in [0.4, 0.5) is 11.5 Å². The molecule has 0 fully saturated rings. The summed E-state index contributed by atoms with van der Waals surface area (Å²) >= 11 is 0. The number of benzene rings is 2. The summed E-state index contributed by atoms with van der Waals surface area (Å²) < 4.78 is 12.9. The van der Waals surface area contributed by atoms with E-state index < -0.39 is 0 Å². The highest BCUT2D eigenvalue weighted by Crippen LogP contribution is 2.41. The monoisotopic (exact) mass is 430 g/mol. The zero-order valence-electron chi connectivity index (χ0n) is 18.6. The van der Waals surface area contributed by atoms with Crippen LogP contribution in [0.2, 0.25) is 0 Å². The van der Waals surface area contributed by atoms with Crippen LogP contribution in [-0.2, 0) is 0 Å². The van der Waals surface area contributed by atoms with E-state index in [0.717, 1.165) is 39.6 Å². The van der Waals surface area contributed by atoms with E-state index in [1.165, 1.54) is 0 Å². The molecule has 1 aliphatic heterocycles. The molecule has 3 heterocycles. The van der Waals surface area contributed by atoms with E-state index in [1.807, 2.05) is 47.0 Å². The van der Waals surface area contributed by atoms with Crippen LogP contribution in [0, 0.1) is 0 Å². The molecule has 1 aliphatic rings. The second-order valence-electron chi connectivity index (χ2n) is 8.60. The number of hydrogen-bond donors (Lipinski definition) is 2. The third-order valence-electron chi connectivity index (χ3n) is 5.73. The van der Waals surface area contributed by atoms with Crippen LogP contribution in [0.15, 0.2) is 48.8 Å². The summed E-state index contributed by atoms with van der Waals surface area (Å²) in [6, 6.07) is 11.7. The fourth-order valence-electron chi connectivity index (χ4n) is 4.02. The highest BCUT2D eigenvalue weighted by molar-refractivity contribution is 5.81. The summed E-state index contributed by atoms with van der Waals surface area (Å²) in [6.45, 7) is 8.56. The van der Waals surface area contributed by atoms with Crippen molar-refractivity contribution in [1.82, 2.24) is 14.4 Å². The minimum Gasteiger partial charge on any atom is -0.507 e. The molecule has 2 aromatic carbocycles. The maximum Gasteiger partial charge on any atom is 0.235 e. The summed E-state index contributed by atoms with van der Waals surface area (Å²) in [6.07, 6.45) is 3.66.